The van der Waals surface area contributed by atoms with Crippen LogP contribution in [0.2, 0.25) is 0 Å². The second kappa shape index (κ2) is 11.4. The molecule has 5 aromatic rings. The van der Waals surface area contributed by atoms with Gasteiger partial charge in [0.2, 0.25) is 0 Å². The van der Waals surface area contributed by atoms with E-state index in [1.165, 1.54) is 32.9 Å². The molecule has 3 N–H and O–H groups in total. The standard InChI is InChI=1S/C29H25N9O2S/c1-5-16-31-27-24(25(30)36-37(27)4)28(39)32-17(2)26-33-21-13-9-10-19(14-15-22-35-34-18(3)41-22)23(21)29(40)38(26)20-11-7-6-8-12-20/h5-13,16-17H,1H2,2-4H3,(H2,30,36)(H,32,39)/b31-16-. The lowest BCUT2D eigenvalue weighted by Crippen LogP contribution is -2.33. The van der Waals surface area contributed by atoms with E-state index < -0.39 is 11.9 Å². The summed E-state index contributed by atoms with van der Waals surface area (Å²) in [6.45, 7) is 7.21. The number of carbonyl (C=O) groups is 1. The highest BCUT2D eigenvalue weighted by atomic mass is 32.1. The molecule has 12 heteroatoms. The lowest BCUT2D eigenvalue weighted by atomic mass is 10.1. The summed E-state index contributed by atoms with van der Waals surface area (Å²) in [6.07, 6.45) is 2.93. The minimum Gasteiger partial charge on any atom is -0.381 e. The van der Waals surface area contributed by atoms with Crippen LogP contribution in [0.1, 0.15) is 44.7 Å². The molecule has 3 heterocycles. The van der Waals surface area contributed by atoms with Crippen LogP contribution in [0.3, 0.4) is 0 Å². The largest absolute Gasteiger partial charge is 0.381 e. The molecule has 3 aromatic heterocycles. The zero-order valence-electron chi connectivity index (χ0n) is 22.5. The number of aryl methyl sites for hydroxylation is 2. The van der Waals surface area contributed by atoms with Gasteiger partial charge >= 0.3 is 0 Å². The van der Waals surface area contributed by atoms with E-state index in [2.05, 4.69) is 44.0 Å². The van der Waals surface area contributed by atoms with Crippen LogP contribution in [-0.2, 0) is 7.05 Å². The number of aromatic nitrogens is 6. The van der Waals surface area contributed by atoms with Crippen LogP contribution >= 0.6 is 11.3 Å². The summed E-state index contributed by atoms with van der Waals surface area (Å²) in [5.41, 5.74) is 7.37. The fraction of sp³-hybridized carbons (Fsp3) is 0.138. The topological polar surface area (TPSA) is 146 Å². The van der Waals surface area contributed by atoms with E-state index in [4.69, 9.17) is 10.7 Å². The van der Waals surface area contributed by atoms with E-state index in [0.717, 1.165) is 5.01 Å². The lowest BCUT2D eigenvalue weighted by Gasteiger charge is -2.20. The number of hydrogen-bond donors (Lipinski definition) is 2. The maximum atomic E-state index is 14.1. The molecule has 1 unspecified atom stereocenters. The molecule has 0 aliphatic heterocycles. The molecule has 11 nitrogen and oxygen atoms in total. The fourth-order valence-electron chi connectivity index (χ4n) is 4.29. The third kappa shape index (κ3) is 5.39. The molecule has 0 bridgehead atoms. The number of nitrogens with one attached hydrogen (secondary N) is 1. The van der Waals surface area contributed by atoms with E-state index in [9.17, 15) is 9.59 Å². The predicted molar refractivity (Wildman–Crippen MR) is 160 cm³/mol. The number of amides is 1. The molecular formula is C29H25N9O2S. The number of rotatable bonds is 6. The molecule has 0 saturated heterocycles. The van der Waals surface area contributed by atoms with Crippen LogP contribution in [0.4, 0.5) is 11.6 Å². The van der Waals surface area contributed by atoms with Crippen molar-refractivity contribution in [3.8, 4) is 17.5 Å². The van der Waals surface area contributed by atoms with Gasteiger partial charge in [0.05, 0.1) is 22.6 Å². The molecule has 0 aliphatic rings. The Balaban J connectivity index is 1.63. The van der Waals surface area contributed by atoms with E-state index in [1.807, 2.05) is 25.1 Å². The third-order valence-corrected chi connectivity index (χ3v) is 6.83. The van der Waals surface area contributed by atoms with Crippen LogP contribution in [0.5, 0.6) is 0 Å². The van der Waals surface area contributed by atoms with Gasteiger partial charge in [-0.3, -0.25) is 14.2 Å². The second-order valence-corrected chi connectivity index (χ2v) is 10.1. The molecule has 204 valence electrons. The Morgan fingerprint density at radius 1 is 1.17 bits per heavy atom. The van der Waals surface area contributed by atoms with Gasteiger partial charge in [0.15, 0.2) is 16.6 Å². The Hall–Kier alpha value is -5.41. The first-order valence-corrected chi connectivity index (χ1v) is 13.3. The van der Waals surface area contributed by atoms with Crippen molar-refractivity contribution in [2.45, 2.75) is 19.9 Å². The van der Waals surface area contributed by atoms with Crippen LogP contribution in [0.15, 0.2) is 71.0 Å². The third-order valence-electron chi connectivity index (χ3n) is 6.08. The van der Waals surface area contributed by atoms with E-state index in [1.54, 1.807) is 44.3 Å². The number of benzene rings is 2. The van der Waals surface area contributed by atoms with Crippen molar-refractivity contribution in [1.82, 2.24) is 34.8 Å². The highest BCUT2D eigenvalue weighted by Crippen LogP contribution is 2.26. The zero-order chi connectivity index (χ0) is 29.1. The monoisotopic (exact) mass is 563 g/mol. The average molecular weight is 564 g/mol. The summed E-state index contributed by atoms with van der Waals surface area (Å²) in [7, 11) is 1.64. The number of hydrogen-bond acceptors (Lipinski definition) is 9. The molecule has 1 atom stereocenters. The maximum Gasteiger partial charge on any atom is 0.267 e. The number of anilines is 1. The van der Waals surface area contributed by atoms with Crippen molar-refractivity contribution in [3.63, 3.8) is 0 Å². The highest BCUT2D eigenvalue weighted by Gasteiger charge is 2.25. The minimum atomic E-state index is -0.713. The summed E-state index contributed by atoms with van der Waals surface area (Å²) < 4.78 is 2.89. The molecule has 2 aromatic carbocycles. The molecule has 0 fully saturated rings. The summed E-state index contributed by atoms with van der Waals surface area (Å²) in [5.74, 6) is 6.16. The van der Waals surface area contributed by atoms with Crippen LogP contribution in [-0.4, -0.2) is 41.7 Å². The Bertz CT molecular complexity index is 1940. The van der Waals surface area contributed by atoms with Crippen LogP contribution in [0.25, 0.3) is 16.6 Å². The SMILES string of the molecule is C=C/C=N\c1c(C(=O)NC(C)c2nc3cccc(C#Cc4nnc(C)s4)c3c(=O)n2-c2ccccc2)c(N)nn1C. The molecule has 0 radical (unpaired) electrons. The van der Waals surface area contributed by atoms with Gasteiger partial charge in [-0.05, 0) is 44.0 Å². The Morgan fingerprint density at radius 2 is 1.95 bits per heavy atom. The molecule has 1 amide bonds. The summed E-state index contributed by atoms with van der Waals surface area (Å²) in [5, 5.41) is 16.8. The number of aliphatic imine (C=N–C) groups is 1. The summed E-state index contributed by atoms with van der Waals surface area (Å²) in [4.78, 5) is 36.6. The molecular weight excluding hydrogens is 538 g/mol. The van der Waals surface area contributed by atoms with Crippen molar-refractivity contribution in [3.05, 3.63) is 98.5 Å². The molecule has 0 saturated carbocycles. The fourth-order valence-corrected chi connectivity index (χ4v) is 4.84. The number of nitrogens with zero attached hydrogens (tertiary/aromatic N) is 7. The van der Waals surface area contributed by atoms with Gasteiger partial charge in [0, 0.05) is 18.8 Å². The van der Waals surface area contributed by atoms with E-state index >= 15 is 0 Å². The smallest absolute Gasteiger partial charge is 0.267 e. The zero-order valence-corrected chi connectivity index (χ0v) is 23.3. The lowest BCUT2D eigenvalue weighted by molar-refractivity contribution is 0.0939. The molecule has 5 rings (SSSR count). The normalized spacial score (nSPS) is 11.8. The van der Waals surface area contributed by atoms with E-state index in [-0.39, 0.29) is 22.8 Å². The number of allylic oxidation sites excluding steroid dienone is 1. The van der Waals surface area contributed by atoms with Gasteiger partial charge in [-0.15, -0.1) is 10.2 Å². The Labute approximate surface area is 239 Å². The van der Waals surface area contributed by atoms with Gasteiger partial charge in [0.25, 0.3) is 11.5 Å². The first kappa shape index (κ1) is 27.2. The molecule has 0 spiro atoms. The van der Waals surface area contributed by atoms with Gasteiger partial charge in [-0.1, -0.05) is 54.2 Å². The number of nitrogens with two attached hydrogens (primary N) is 1. The second-order valence-electron chi connectivity index (χ2n) is 8.94. The quantitative estimate of drug-likeness (QED) is 0.237. The van der Waals surface area contributed by atoms with Crippen molar-refractivity contribution in [1.29, 1.82) is 0 Å². The minimum absolute atomic E-state index is 0.0224. The summed E-state index contributed by atoms with van der Waals surface area (Å²) in [6, 6.07) is 13.7. The number of nitrogen functional groups attached to an aromatic ring is 1. The number of fused-ring (bicyclic) bond motifs is 1. The highest BCUT2D eigenvalue weighted by molar-refractivity contribution is 7.11. The van der Waals surface area contributed by atoms with Crippen molar-refractivity contribution >= 4 is 46.0 Å². The number of carbonyl (C=O) groups excluding carboxylic acids is 1. The average Bonchev–Trinajstić information content (AvgIpc) is 3.51. The van der Waals surface area contributed by atoms with Gasteiger partial charge < -0.3 is 11.1 Å². The van der Waals surface area contributed by atoms with Crippen molar-refractivity contribution in [2.75, 3.05) is 5.73 Å². The van der Waals surface area contributed by atoms with E-state index in [0.29, 0.717) is 33.0 Å². The van der Waals surface area contributed by atoms with Gasteiger partial charge in [0.1, 0.15) is 16.4 Å². The Morgan fingerprint density at radius 3 is 2.66 bits per heavy atom. The number of para-hydroxylation sites is 1. The van der Waals surface area contributed by atoms with Crippen LogP contribution in [0, 0.1) is 18.8 Å². The van der Waals surface area contributed by atoms with Crippen molar-refractivity contribution < 1.29 is 4.79 Å². The van der Waals surface area contributed by atoms with Crippen LogP contribution < -0.4 is 16.6 Å². The first-order valence-electron chi connectivity index (χ1n) is 12.5. The molecule has 0 aliphatic carbocycles. The van der Waals surface area contributed by atoms with Gasteiger partial charge in [-0.2, -0.15) is 5.10 Å². The first-order chi connectivity index (χ1) is 19.8. The van der Waals surface area contributed by atoms with Gasteiger partial charge in [-0.25, -0.2) is 14.7 Å². The van der Waals surface area contributed by atoms with Crippen molar-refractivity contribution in [2.24, 2.45) is 12.0 Å². The maximum absolute atomic E-state index is 14.1. The Kier molecular flexibility index (Phi) is 7.53. The molecule has 41 heavy (non-hydrogen) atoms. The summed E-state index contributed by atoms with van der Waals surface area (Å²) >= 11 is 1.37. The predicted octanol–water partition coefficient (Wildman–Crippen LogP) is 3.64.